The summed E-state index contributed by atoms with van der Waals surface area (Å²) in [7, 11) is 0. The zero-order valence-electron chi connectivity index (χ0n) is 13.6. The molecule has 6 nitrogen and oxygen atoms in total. The van der Waals surface area contributed by atoms with Gasteiger partial charge in [0.05, 0.1) is 11.2 Å². The van der Waals surface area contributed by atoms with E-state index in [4.69, 9.17) is 16.0 Å². The van der Waals surface area contributed by atoms with E-state index in [1.807, 2.05) is 32.0 Å². The van der Waals surface area contributed by atoms with E-state index in [2.05, 4.69) is 15.8 Å². The maximum absolute atomic E-state index is 11.7. The molecule has 0 spiro atoms. The van der Waals surface area contributed by atoms with Gasteiger partial charge in [0.25, 0.3) is 0 Å². The van der Waals surface area contributed by atoms with Gasteiger partial charge in [0.2, 0.25) is 11.8 Å². The lowest BCUT2D eigenvalue weighted by Crippen LogP contribution is -2.42. The third kappa shape index (κ3) is 5.38. The molecule has 0 aliphatic rings. The highest BCUT2D eigenvalue weighted by Crippen LogP contribution is 2.28. The Morgan fingerprint density at radius 3 is 2.62 bits per heavy atom. The van der Waals surface area contributed by atoms with Crippen LogP contribution in [0.5, 0.6) is 0 Å². The molecule has 1 aromatic carbocycles. The van der Waals surface area contributed by atoms with Crippen molar-refractivity contribution >= 4 is 23.4 Å². The fourth-order valence-electron chi connectivity index (χ4n) is 2.06. The maximum atomic E-state index is 11.7. The van der Waals surface area contributed by atoms with Crippen molar-refractivity contribution in [1.29, 1.82) is 0 Å². The SMILES string of the molecule is CC(C)CC(=O)NNC(=O)CCc1ncc(-c2ccccc2Cl)o1. The summed E-state index contributed by atoms with van der Waals surface area (Å²) in [6.07, 6.45) is 2.43. The summed E-state index contributed by atoms with van der Waals surface area (Å²) >= 11 is 6.11. The van der Waals surface area contributed by atoms with Gasteiger partial charge in [-0.25, -0.2) is 4.98 Å². The first kappa shape index (κ1) is 18.0. The van der Waals surface area contributed by atoms with Gasteiger partial charge >= 0.3 is 0 Å². The zero-order chi connectivity index (χ0) is 17.5. The number of halogens is 1. The predicted octanol–water partition coefficient (Wildman–Crippen LogP) is 3.12. The van der Waals surface area contributed by atoms with Crippen LogP contribution in [0.2, 0.25) is 5.02 Å². The lowest BCUT2D eigenvalue weighted by atomic mass is 10.1. The largest absolute Gasteiger partial charge is 0.441 e. The molecule has 0 fully saturated rings. The molecule has 0 saturated carbocycles. The van der Waals surface area contributed by atoms with Crippen molar-refractivity contribution in [3.8, 4) is 11.3 Å². The Kier molecular flexibility index (Phi) is 6.37. The molecule has 2 aromatic rings. The second-order valence-corrected chi connectivity index (χ2v) is 6.20. The fraction of sp³-hybridized carbons (Fsp3) is 0.353. The molecular weight excluding hydrogens is 330 g/mol. The van der Waals surface area contributed by atoms with Gasteiger partial charge in [-0.15, -0.1) is 0 Å². The Hall–Kier alpha value is -2.34. The van der Waals surface area contributed by atoms with Crippen molar-refractivity contribution in [2.75, 3.05) is 0 Å². The van der Waals surface area contributed by atoms with E-state index in [0.29, 0.717) is 29.5 Å². The molecule has 128 valence electrons. The maximum Gasteiger partial charge on any atom is 0.238 e. The third-order valence-corrected chi connectivity index (χ3v) is 3.52. The summed E-state index contributed by atoms with van der Waals surface area (Å²) in [6.45, 7) is 3.86. The highest BCUT2D eigenvalue weighted by Gasteiger charge is 2.11. The molecule has 2 amide bonds. The van der Waals surface area contributed by atoms with E-state index < -0.39 is 0 Å². The van der Waals surface area contributed by atoms with Crippen LogP contribution in [0.4, 0.5) is 0 Å². The monoisotopic (exact) mass is 349 g/mol. The standard InChI is InChI=1S/C17H20ClN3O3/c1-11(2)9-16(23)21-20-15(22)7-8-17-19-10-14(24-17)12-5-3-4-6-13(12)18/h3-6,10-11H,7-9H2,1-2H3,(H,20,22)(H,21,23). The Bertz CT molecular complexity index is 713. The molecule has 0 bridgehead atoms. The number of aromatic nitrogens is 1. The molecule has 24 heavy (non-hydrogen) atoms. The van der Waals surface area contributed by atoms with Crippen LogP contribution < -0.4 is 10.9 Å². The number of rotatable bonds is 6. The molecule has 1 heterocycles. The number of carbonyl (C=O) groups is 2. The van der Waals surface area contributed by atoms with Crippen molar-refractivity contribution in [3.63, 3.8) is 0 Å². The fourth-order valence-corrected chi connectivity index (χ4v) is 2.28. The highest BCUT2D eigenvalue weighted by molar-refractivity contribution is 6.33. The number of nitrogens with zero attached hydrogens (tertiary/aromatic N) is 1. The summed E-state index contributed by atoms with van der Waals surface area (Å²) < 4.78 is 5.62. The minimum Gasteiger partial charge on any atom is -0.441 e. The minimum absolute atomic E-state index is 0.157. The van der Waals surface area contributed by atoms with E-state index in [-0.39, 0.29) is 24.2 Å². The highest BCUT2D eigenvalue weighted by atomic mass is 35.5. The van der Waals surface area contributed by atoms with Crippen LogP contribution in [0.25, 0.3) is 11.3 Å². The smallest absolute Gasteiger partial charge is 0.238 e. The quantitative estimate of drug-likeness (QED) is 0.785. The summed E-state index contributed by atoms with van der Waals surface area (Å²) in [4.78, 5) is 27.3. The molecule has 0 unspecified atom stereocenters. The third-order valence-electron chi connectivity index (χ3n) is 3.19. The predicted molar refractivity (Wildman–Crippen MR) is 91.0 cm³/mol. The van der Waals surface area contributed by atoms with Crippen LogP contribution in [0, 0.1) is 5.92 Å². The van der Waals surface area contributed by atoms with Gasteiger partial charge in [-0.05, 0) is 18.1 Å². The second kappa shape index (κ2) is 8.49. The van der Waals surface area contributed by atoms with Crippen LogP contribution in [0.15, 0.2) is 34.9 Å². The first-order valence-electron chi connectivity index (χ1n) is 7.73. The molecule has 0 aliphatic heterocycles. The molecule has 7 heteroatoms. The summed E-state index contributed by atoms with van der Waals surface area (Å²) in [5, 5.41) is 0.575. The van der Waals surface area contributed by atoms with E-state index in [1.54, 1.807) is 12.3 Å². The van der Waals surface area contributed by atoms with Crippen LogP contribution in [0.1, 0.15) is 32.6 Å². The number of carbonyl (C=O) groups excluding carboxylic acids is 2. The number of nitrogens with one attached hydrogen (secondary N) is 2. The average Bonchev–Trinajstić information content (AvgIpc) is 2.99. The second-order valence-electron chi connectivity index (χ2n) is 5.79. The molecular formula is C17H20ClN3O3. The molecule has 2 N–H and O–H groups in total. The molecule has 0 atom stereocenters. The molecule has 2 rings (SSSR count). The van der Waals surface area contributed by atoms with E-state index in [1.165, 1.54) is 0 Å². The molecule has 1 aromatic heterocycles. The van der Waals surface area contributed by atoms with Crippen molar-refractivity contribution in [2.24, 2.45) is 5.92 Å². The Balaban J connectivity index is 1.82. The topological polar surface area (TPSA) is 84.2 Å². The first-order valence-corrected chi connectivity index (χ1v) is 8.10. The van der Waals surface area contributed by atoms with E-state index in [0.717, 1.165) is 5.56 Å². The lowest BCUT2D eigenvalue weighted by molar-refractivity contribution is -0.129. The minimum atomic E-state index is -0.301. The Morgan fingerprint density at radius 2 is 1.92 bits per heavy atom. The van der Waals surface area contributed by atoms with E-state index in [9.17, 15) is 9.59 Å². The number of amides is 2. The van der Waals surface area contributed by atoms with Crippen molar-refractivity contribution < 1.29 is 14.0 Å². The zero-order valence-corrected chi connectivity index (χ0v) is 14.4. The normalized spacial score (nSPS) is 10.7. The van der Waals surface area contributed by atoms with Crippen LogP contribution >= 0.6 is 11.6 Å². The van der Waals surface area contributed by atoms with Crippen molar-refractivity contribution in [2.45, 2.75) is 33.1 Å². The first-order chi connectivity index (χ1) is 11.5. The van der Waals surface area contributed by atoms with Crippen LogP contribution in [-0.2, 0) is 16.0 Å². The number of hydrogen-bond donors (Lipinski definition) is 2. The van der Waals surface area contributed by atoms with Gasteiger partial charge in [0.15, 0.2) is 11.7 Å². The summed E-state index contributed by atoms with van der Waals surface area (Å²) in [6, 6.07) is 7.30. The number of hydrazine groups is 1. The van der Waals surface area contributed by atoms with Gasteiger partial charge in [-0.3, -0.25) is 20.4 Å². The Morgan fingerprint density at radius 1 is 1.21 bits per heavy atom. The van der Waals surface area contributed by atoms with Gasteiger partial charge in [-0.2, -0.15) is 0 Å². The van der Waals surface area contributed by atoms with E-state index >= 15 is 0 Å². The van der Waals surface area contributed by atoms with Crippen molar-refractivity contribution in [1.82, 2.24) is 15.8 Å². The number of aryl methyl sites for hydroxylation is 1. The number of benzene rings is 1. The number of oxazole rings is 1. The van der Waals surface area contributed by atoms with Gasteiger partial charge in [-0.1, -0.05) is 37.6 Å². The van der Waals surface area contributed by atoms with Crippen LogP contribution in [-0.4, -0.2) is 16.8 Å². The number of hydrogen-bond acceptors (Lipinski definition) is 4. The molecule has 0 saturated heterocycles. The van der Waals surface area contributed by atoms with Gasteiger partial charge in [0, 0.05) is 24.8 Å². The van der Waals surface area contributed by atoms with Crippen LogP contribution in [0.3, 0.4) is 0 Å². The summed E-state index contributed by atoms with van der Waals surface area (Å²) in [5.41, 5.74) is 5.51. The molecule has 0 radical (unpaired) electrons. The Labute approximate surface area is 145 Å². The summed E-state index contributed by atoms with van der Waals surface area (Å²) in [5.74, 6) is 0.715. The van der Waals surface area contributed by atoms with Crippen molar-refractivity contribution in [3.05, 3.63) is 41.4 Å². The molecule has 0 aliphatic carbocycles. The van der Waals surface area contributed by atoms with Gasteiger partial charge < -0.3 is 4.42 Å². The average molecular weight is 350 g/mol. The van der Waals surface area contributed by atoms with Gasteiger partial charge in [0.1, 0.15) is 0 Å². The lowest BCUT2D eigenvalue weighted by Gasteiger charge is -2.08.